The summed E-state index contributed by atoms with van der Waals surface area (Å²) in [5, 5.41) is 0. The smallest absolute Gasteiger partial charge is 0.342 e. The molecule has 0 saturated carbocycles. The highest BCUT2D eigenvalue weighted by molar-refractivity contribution is 9.10. The second-order valence-electron chi connectivity index (χ2n) is 4.25. The van der Waals surface area contributed by atoms with Gasteiger partial charge in [-0.3, -0.25) is 0 Å². The summed E-state index contributed by atoms with van der Waals surface area (Å²) in [6.45, 7) is 0. The molecule has 0 spiro atoms. The third-order valence-corrected chi connectivity index (χ3v) is 3.47. The normalized spacial score (nSPS) is 22.3. The number of benzene rings is 2. The molecule has 0 bridgehead atoms. The summed E-state index contributed by atoms with van der Waals surface area (Å²) >= 11 is 3.37. The molecule has 19 heavy (non-hydrogen) atoms. The first-order valence-corrected chi connectivity index (χ1v) is 6.70. The van der Waals surface area contributed by atoms with E-state index < -0.39 is 12.4 Å². The molecule has 1 heterocycles. The fourth-order valence-corrected chi connectivity index (χ4v) is 2.25. The number of cyclic esters (lactones) is 1. The first kappa shape index (κ1) is 12.4. The van der Waals surface area contributed by atoms with Gasteiger partial charge in [-0.05, 0) is 17.7 Å². The molecule has 3 rings (SSSR count). The van der Waals surface area contributed by atoms with Crippen molar-refractivity contribution in [3.63, 3.8) is 0 Å². The SMILES string of the molecule is O=C1O[C@H](c2ccc(Br)cc2)O[C@@H]1c1ccccc1. The summed E-state index contributed by atoms with van der Waals surface area (Å²) < 4.78 is 11.9. The number of ether oxygens (including phenoxy) is 2. The van der Waals surface area contributed by atoms with E-state index >= 15 is 0 Å². The van der Waals surface area contributed by atoms with Gasteiger partial charge in [0.05, 0.1) is 0 Å². The lowest BCUT2D eigenvalue weighted by atomic mass is 10.1. The number of carbonyl (C=O) groups excluding carboxylic acids is 1. The maximum absolute atomic E-state index is 11.9. The van der Waals surface area contributed by atoms with E-state index in [1.54, 1.807) is 0 Å². The first-order valence-electron chi connectivity index (χ1n) is 5.90. The third-order valence-electron chi connectivity index (χ3n) is 2.94. The second-order valence-corrected chi connectivity index (χ2v) is 5.16. The lowest BCUT2D eigenvalue weighted by Crippen LogP contribution is -2.06. The Morgan fingerprint density at radius 1 is 0.895 bits per heavy atom. The first-order chi connectivity index (χ1) is 9.24. The minimum absolute atomic E-state index is 0.348. The van der Waals surface area contributed by atoms with Gasteiger partial charge in [0, 0.05) is 10.0 Å². The third kappa shape index (κ3) is 2.55. The molecule has 0 radical (unpaired) electrons. The Balaban J connectivity index is 1.82. The average molecular weight is 319 g/mol. The molecule has 3 nitrogen and oxygen atoms in total. The van der Waals surface area contributed by atoms with Crippen molar-refractivity contribution >= 4 is 21.9 Å². The van der Waals surface area contributed by atoms with Crippen molar-refractivity contribution in [1.29, 1.82) is 0 Å². The van der Waals surface area contributed by atoms with Crippen molar-refractivity contribution < 1.29 is 14.3 Å². The van der Waals surface area contributed by atoms with Gasteiger partial charge in [-0.1, -0.05) is 58.4 Å². The number of rotatable bonds is 2. The van der Waals surface area contributed by atoms with Gasteiger partial charge in [0.1, 0.15) is 0 Å². The van der Waals surface area contributed by atoms with Crippen LogP contribution in [-0.2, 0) is 14.3 Å². The van der Waals surface area contributed by atoms with Crippen LogP contribution < -0.4 is 0 Å². The van der Waals surface area contributed by atoms with E-state index in [4.69, 9.17) is 9.47 Å². The minimum atomic E-state index is -0.644. The van der Waals surface area contributed by atoms with Gasteiger partial charge in [0.2, 0.25) is 6.29 Å². The van der Waals surface area contributed by atoms with Crippen LogP contribution in [0.15, 0.2) is 59.1 Å². The molecule has 0 N–H and O–H groups in total. The van der Waals surface area contributed by atoms with E-state index in [-0.39, 0.29) is 5.97 Å². The van der Waals surface area contributed by atoms with Crippen LogP contribution in [0.5, 0.6) is 0 Å². The standard InChI is InChI=1S/C15H11BrO3/c16-12-8-6-11(7-9-12)15-18-13(14(17)19-15)10-4-2-1-3-5-10/h1-9,13,15H/t13-,15-/m1/s1. The highest BCUT2D eigenvalue weighted by Gasteiger charge is 2.37. The van der Waals surface area contributed by atoms with Crippen molar-refractivity contribution in [2.45, 2.75) is 12.4 Å². The highest BCUT2D eigenvalue weighted by Crippen LogP contribution is 2.36. The van der Waals surface area contributed by atoms with E-state index in [2.05, 4.69) is 15.9 Å². The Labute approximate surface area is 119 Å². The van der Waals surface area contributed by atoms with Crippen molar-refractivity contribution in [2.24, 2.45) is 0 Å². The van der Waals surface area contributed by atoms with Crippen LogP contribution in [0.4, 0.5) is 0 Å². The molecule has 4 heteroatoms. The van der Waals surface area contributed by atoms with Gasteiger partial charge in [0.15, 0.2) is 6.10 Å². The molecular formula is C15H11BrO3. The topological polar surface area (TPSA) is 35.5 Å². The summed E-state index contributed by atoms with van der Waals surface area (Å²) in [6.07, 6.45) is -1.28. The van der Waals surface area contributed by atoms with Crippen LogP contribution in [0.25, 0.3) is 0 Å². The fraction of sp³-hybridized carbons (Fsp3) is 0.133. The molecule has 0 aliphatic carbocycles. The van der Waals surface area contributed by atoms with Gasteiger partial charge in [-0.25, -0.2) is 4.79 Å². The molecule has 0 aromatic heterocycles. The Hall–Kier alpha value is -1.65. The van der Waals surface area contributed by atoms with Gasteiger partial charge in [-0.2, -0.15) is 0 Å². The van der Waals surface area contributed by atoms with Crippen LogP contribution in [-0.4, -0.2) is 5.97 Å². The second kappa shape index (κ2) is 5.15. The molecule has 1 aliphatic rings. The highest BCUT2D eigenvalue weighted by atomic mass is 79.9. The zero-order valence-electron chi connectivity index (χ0n) is 9.95. The minimum Gasteiger partial charge on any atom is -0.429 e. The molecule has 96 valence electrons. The monoisotopic (exact) mass is 318 g/mol. The van der Waals surface area contributed by atoms with Crippen LogP contribution >= 0.6 is 15.9 Å². The number of hydrogen-bond donors (Lipinski definition) is 0. The number of halogens is 1. The molecule has 1 aliphatic heterocycles. The quantitative estimate of drug-likeness (QED) is 0.791. The average Bonchev–Trinajstić information content (AvgIpc) is 2.83. The van der Waals surface area contributed by atoms with Crippen molar-refractivity contribution in [2.75, 3.05) is 0 Å². The summed E-state index contributed by atoms with van der Waals surface area (Å²) in [5.41, 5.74) is 1.64. The molecule has 2 aromatic carbocycles. The van der Waals surface area contributed by atoms with E-state index in [0.29, 0.717) is 0 Å². The van der Waals surface area contributed by atoms with Gasteiger partial charge >= 0.3 is 5.97 Å². The molecule has 1 saturated heterocycles. The van der Waals surface area contributed by atoms with Gasteiger partial charge in [0.25, 0.3) is 0 Å². The molecule has 1 fully saturated rings. The predicted octanol–water partition coefficient (Wildman–Crippen LogP) is 3.76. The van der Waals surface area contributed by atoms with Crippen LogP contribution in [0.2, 0.25) is 0 Å². The number of esters is 1. The largest absolute Gasteiger partial charge is 0.429 e. The molecule has 0 unspecified atom stereocenters. The van der Waals surface area contributed by atoms with Gasteiger partial charge < -0.3 is 9.47 Å². The summed E-state index contributed by atoms with van der Waals surface area (Å²) in [7, 11) is 0. The Bertz CT molecular complexity index is 580. The van der Waals surface area contributed by atoms with Crippen molar-refractivity contribution in [3.8, 4) is 0 Å². The molecule has 2 aromatic rings. The van der Waals surface area contributed by atoms with E-state index in [1.807, 2.05) is 54.6 Å². The van der Waals surface area contributed by atoms with Crippen LogP contribution in [0, 0.1) is 0 Å². The lowest BCUT2D eigenvalue weighted by molar-refractivity contribution is -0.144. The van der Waals surface area contributed by atoms with Crippen molar-refractivity contribution in [1.82, 2.24) is 0 Å². The predicted molar refractivity (Wildman–Crippen MR) is 73.2 cm³/mol. The lowest BCUT2D eigenvalue weighted by Gasteiger charge is -2.09. The van der Waals surface area contributed by atoms with E-state index in [9.17, 15) is 4.79 Å². The molecular weight excluding hydrogens is 308 g/mol. The van der Waals surface area contributed by atoms with E-state index in [0.717, 1.165) is 15.6 Å². The Kier molecular flexibility index (Phi) is 3.36. The molecule has 2 atom stereocenters. The zero-order chi connectivity index (χ0) is 13.2. The Morgan fingerprint density at radius 3 is 2.26 bits per heavy atom. The summed E-state index contributed by atoms with van der Waals surface area (Å²) in [5.74, 6) is -0.348. The van der Waals surface area contributed by atoms with Gasteiger partial charge in [-0.15, -0.1) is 0 Å². The Morgan fingerprint density at radius 2 is 1.58 bits per heavy atom. The summed E-state index contributed by atoms with van der Waals surface area (Å²) in [4.78, 5) is 11.9. The number of carbonyl (C=O) groups is 1. The van der Waals surface area contributed by atoms with E-state index in [1.165, 1.54) is 0 Å². The summed E-state index contributed by atoms with van der Waals surface area (Å²) in [6, 6.07) is 16.9. The maximum atomic E-state index is 11.9. The van der Waals surface area contributed by atoms with Crippen molar-refractivity contribution in [3.05, 3.63) is 70.2 Å². The fourth-order valence-electron chi connectivity index (χ4n) is 1.98. The maximum Gasteiger partial charge on any atom is 0.342 e. The van der Waals surface area contributed by atoms with Crippen LogP contribution in [0.1, 0.15) is 23.5 Å². The number of hydrogen-bond acceptors (Lipinski definition) is 3. The molecule has 0 amide bonds. The van der Waals surface area contributed by atoms with Crippen LogP contribution in [0.3, 0.4) is 0 Å². The zero-order valence-corrected chi connectivity index (χ0v) is 11.5.